The van der Waals surface area contributed by atoms with Crippen LogP contribution in [0.15, 0.2) is 16.7 Å². The molecule has 156 valence electrons. The average Bonchev–Trinajstić information content (AvgIpc) is 3.36. The molecule has 1 saturated carbocycles. The Morgan fingerprint density at radius 1 is 1.38 bits per heavy atom. The summed E-state index contributed by atoms with van der Waals surface area (Å²) in [5, 5.41) is 13.7. The van der Waals surface area contributed by atoms with E-state index in [0.717, 1.165) is 43.6 Å². The van der Waals surface area contributed by atoms with E-state index in [1.807, 2.05) is 13.0 Å². The van der Waals surface area contributed by atoms with E-state index >= 15 is 0 Å². The van der Waals surface area contributed by atoms with Crippen molar-refractivity contribution in [2.24, 2.45) is 0 Å². The van der Waals surface area contributed by atoms with Gasteiger partial charge in [0.1, 0.15) is 11.9 Å². The van der Waals surface area contributed by atoms with E-state index in [0.29, 0.717) is 11.6 Å². The number of rotatable bonds is 5. The molecule has 2 atom stereocenters. The lowest BCUT2D eigenvalue weighted by atomic mass is 9.90. The Kier molecular flexibility index (Phi) is 5.06. The highest BCUT2D eigenvalue weighted by Gasteiger charge is 2.41. The molecule has 2 fully saturated rings. The van der Waals surface area contributed by atoms with Crippen LogP contribution < -0.4 is 5.32 Å². The van der Waals surface area contributed by atoms with E-state index in [-0.39, 0.29) is 36.0 Å². The minimum atomic E-state index is -0.216. The van der Waals surface area contributed by atoms with E-state index in [4.69, 9.17) is 9.26 Å². The Labute approximate surface area is 169 Å². The first-order valence-electron chi connectivity index (χ1n) is 10.1. The van der Waals surface area contributed by atoms with Crippen LogP contribution in [0.5, 0.6) is 0 Å². The van der Waals surface area contributed by atoms with Gasteiger partial charge in [0.05, 0.1) is 12.1 Å². The summed E-state index contributed by atoms with van der Waals surface area (Å²) in [6, 6.07) is 3.58. The largest absolute Gasteiger partial charge is 0.446 e. The third-order valence-electron chi connectivity index (χ3n) is 5.87. The third kappa shape index (κ3) is 4.28. The summed E-state index contributed by atoms with van der Waals surface area (Å²) in [6.45, 7) is 6.68. The van der Waals surface area contributed by atoms with Crippen molar-refractivity contribution in [3.05, 3.63) is 29.3 Å². The Balaban J connectivity index is 1.27. The number of anilines is 1. The van der Waals surface area contributed by atoms with Crippen molar-refractivity contribution in [2.75, 3.05) is 11.9 Å². The molecule has 3 heterocycles. The molecule has 2 amide bonds. The second kappa shape index (κ2) is 7.53. The van der Waals surface area contributed by atoms with Gasteiger partial charge in [0.25, 0.3) is 0 Å². The van der Waals surface area contributed by atoms with Gasteiger partial charge in [-0.2, -0.15) is 5.10 Å². The van der Waals surface area contributed by atoms with Crippen LogP contribution in [-0.2, 0) is 16.0 Å². The van der Waals surface area contributed by atoms with Crippen LogP contribution in [0.1, 0.15) is 62.6 Å². The number of carbonyl (C=O) groups excluding carboxylic acids is 2. The third-order valence-corrected chi connectivity index (χ3v) is 5.87. The van der Waals surface area contributed by atoms with Gasteiger partial charge in [-0.25, -0.2) is 4.79 Å². The molecule has 1 aliphatic heterocycles. The Morgan fingerprint density at radius 2 is 2.21 bits per heavy atom. The predicted octanol–water partition coefficient (Wildman–Crippen LogP) is 3.14. The zero-order valence-electron chi connectivity index (χ0n) is 17.0. The number of carbonyl (C=O) groups is 2. The molecule has 2 N–H and O–H groups in total. The molecule has 4 rings (SSSR count). The standard InChI is InChI=1S/C20H27N5O4/c1-12-8-15(29-24-12)10-18(26)21-17-11-16(22-23-17)13-4-5-14(9-13)28-19(27)25-7-6-20(25,2)3/h8,11,13-14H,4-7,9-10H2,1-3H3,(H2,21,22,23,26)/t13-,14+/m0/s1. The maximum Gasteiger partial charge on any atom is 0.410 e. The fraction of sp³-hybridized carbons (Fsp3) is 0.600. The molecule has 29 heavy (non-hydrogen) atoms. The summed E-state index contributed by atoms with van der Waals surface area (Å²) < 4.78 is 10.8. The Hall–Kier alpha value is -2.84. The number of likely N-dealkylation sites (tertiary alicyclic amines) is 1. The highest BCUT2D eigenvalue weighted by molar-refractivity contribution is 5.91. The molecule has 0 radical (unpaired) electrons. The van der Waals surface area contributed by atoms with Crippen molar-refractivity contribution in [3.63, 3.8) is 0 Å². The van der Waals surface area contributed by atoms with E-state index in [1.165, 1.54) is 0 Å². The highest BCUT2D eigenvalue weighted by Crippen LogP contribution is 2.37. The van der Waals surface area contributed by atoms with E-state index in [1.54, 1.807) is 11.0 Å². The molecule has 2 aromatic rings. The van der Waals surface area contributed by atoms with Crippen LogP contribution in [0.25, 0.3) is 0 Å². The smallest absolute Gasteiger partial charge is 0.410 e. The summed E-state index contributed by atoms with van der Waals surface area (Å²) in [5.41, 5.74) is 1.58. The number of ether oxygens (including phenoxy) is 1. The van der Waals surface area contributed by atoms with Crippen LogP contribution in [0.3, 0.4) is 0 Å². The summed E-state index contributed by atoms with van der Waals surface area (Å²) in [4.78, 5) is 26.3. The number of aryl methyl sites for hydroxylation is 1. The van der Waals surface area contributed by atoms with E-state index in [9.17, 15) is 9.59 Å². The van der Waals surface area contributed by atoms with Gasteiger partial charge in [0.2, 0.25) is 5.91 Å². The van der Waals surface area contributed by atoms with Crippen LogP contribution in [-0.4, -0.2) is 50.4 Å². The first-order valence-corrected chi connectivity index (χ1v) is 10.1. The van der Waals surface area contributed by atoms with E-state index < -0.39 is 0 Å². The van der Waals surface area contributed by atoms with Gasteiger partial charge in [0, 0.05) is 35.8 Å². The molecular weight excluding hydrogens is 374 g/mol. The fourth-order valence-electron chi connectivity index (χ4n) is 4.00. The summed E-state index contributed by atoms with van der Waals surface area (Å²) in [7, 11) is 0. The molecule has 9 heteroatoms. The Bertz CT molecular complexity index is 902. The van der Waals surface area contributed by atoms with Crippen LogP contribution >= 0.6 is 0 Å². The van der Waals surface area contributed by atoms with Gasteiger partial charge in [-0.3, -0.25) is 9.89 Å². The summed E-state index contributed by atoms with van der Waals surface area (Å²) in [6.07, 6.45) is 3.31. The maximum absolute atomic E-state index is 12.3. The Morgan fingerprint density at radius 3 is 2.86 bits per heavy atom. The minimum absolute atomic E-state index is 0.0834. The zero-order valence-corrected chi connectivity index (χ0v) is 17.0. The molecule has 1 aliphatic carbocycles. The SMILES string of the molecule is Cc1cc(CC(=O)Nc2cc([C@H]3CC[C@@H](OC(=O)N4CCC4(C)C)C3)[nH]n2)on1. The average molecular weight is 401 g/mol. The van der Waals surface area contributed by atoms with Gasteiger partial charge in [0.15, 0.2) is 5.82 Å². The molecule has 2 aromatic heterocycles. The summed E-state index contributed by atoms with van der Waals surface area (Å²) in [5.74, 6) is 1.01. The van der Waals surface area contributed by atoms with Gasteiger partial charge in [-0.05, 0) is 46.5 Å². The molecule has 1 saturated heterocycles. The number of aromatic amines is 1. The van der Waals surface area contributed by atoms with Gasteiger partial charge >= 0.3 is 6.09 Å². The second-order valence-electron chi connectivity index (χ2n) is 8.60. The molecule has 0 aromatic carbocycles. The van der Waals surface area contributed by atoms with Crippen LogP contribution in [0.4, 0.5) is 10.6 Å². The lowest BCUT2D eigenvalue weighted by Gasteiger charge is -2.47. The quantitative estimate of drug-likeness (QED) is 0.796. The number of nitrogens with one attached hydrogen (secondary N) is 2. The topological polar surface area (TPSA) is 113 Å². The van der Waals surface area contributed by atoms with E-state index in [2.05, 4.69) is 34.5 Å². The van der Waals surface area contributed by atoms with Crippen LogP contribution in [0.2, 0.25) is 0 Å². The number of aromatic nitrogens is 3. The number of hydrogen-bond donors (Lipinski definition) is 2. The summed E-state index contributed by atoms with van der Waals surface area (Å²) >= 11 is 0. The number of nitrogens with zero attached hydrogens (tertiary/aromatic N) is 3. The second-order valence-corrected chi connectivity index (χ2v) is 8.60. The van der Waals surface area contributed by atoms with Gasteiger partial charge in [-0.1, -0.05) is 5.16 Å². The minimum Gasteiger partial charge on any atom is -0.446 e. The first kappa shape index (κ1) is 19.5. The predicted molar refractivity (Wildman–Crippen MR) is 104 cm³/mol. The van der Waals surface area contributed by atoms with Gasteiger partial charge in [-0.15, -0.1) is 0 Å². The van der Waals surface area contributed by atoms with Crippen molar-refractivity contribution >= 4 is 17.8 Å². The van der Waals surface area contributed by atoms with Crippen molar-refractivity contribution in [1.82, 2.24) is 20.3 Å². The molecule has 2 aliphatic rings. The first-order chi connectivity index (χ1) is 13.8. The molecular formula is C20H27N5O4. The molecule has 0 unspecified atom stereocenters. The number of amides is 2. The monoisotopic (exact) mass is 401 g/mol. The van der Waals surface area contributed by atoms with Crippen molar-refractivity contribution in [1.29, 1.82) is 0 Å². The molecule has 0 spiro atoms. The molecule has 9 nitrogen and oxygen atoms in total. The number of H-pyrrole nitrogens is 1. The molecule has 0 bridgehead atoms. The fourth-order valence-corrected chi connectivity index (χ4v) is 4.00. The zero-order chi connectivity index (χ0) is 20.6. The van der Waals surface area contributed by atoms with Gasteiger partial charge < -0.3 is 19.5 Å². The van der Waals surface area contributed by atoms with Crippen molar-refractivity contribution in [3.8, 4) is 0 Å². The van der Waals surface area contributed by atoms with Crippen molar-refractivity contribution < 1.29 is 18.8 Å². The maximum atomic E-state index is 12.3. The highest BCUT2D eigenvalue weighted by atomic mass is 16.6. The van der Waals surface area contributed by atoms with Crippen molar-refractivity contribution in [2.45, 2.75) is 70.4 Å². The van der Waals surface area contributed by atoms with Crippen LogP contribution in [0, 0.1) is 6.92 Å². The normalized spacial score (nSPS) is 22.9. The lowest BCUT2D eigenvalue weighted by molar-refractivity contribution is -0.115. The number of hydrogen-bond acceptors (Lipinski definition) is 6. The lowest BCUT2D eigenvalue weighted by Crippen LogP contribution is -2.58.